The Morgan fingerprint density at radius 3 is 3.12 bits per heavy atom. The number of rotatable bonds is 4. The lowest BCUT2D eigenvalue weighted by Gasteiger charge is -2.40. The summed E-state index contributed by atoms with van der Waals surface area (Å²) in [4.78, 5) is 21.9. The highest BCUT2D eigenvalue weighted by Crippen LogP contribution is 2.33. The number of thiophene rings is 1. The third-order valence-corrected chi connectivity index (χ3v) is 6.06. The van der Waals surface area contributed by atoms with Gasteiger partial charge in [-0.2, -0.15) is 0 Å². The van der Waals surface area contributed by atoms with Crippen LogP contribution < -0.4 is 5.32 Å². The summed E-state index contributed by atoms with van der Waals surface area (Å²) >= 11 is 1.84. The van der Waals surface area contributed by atoms with E-state index in [1.54, 1.807) is 12.4 Å². The summed E-state index contributed by atoms with van der Waals surface area (Å²) in [5, 5.41) is 3.00. The summed E-state index contributed by atoms with van der Waals surface area (Å²) < 4.78 is 5.93. The number of amides is 1. The lowest BCUT2D eigenvalue weighted by Crippen LogP contribution is -2.51. The average Bonchev–Trinajstić information content (AvgIpc) is 3.24. The van der Waals surface area contributed by atoms with Crippen LogP contribution in [0, 0.1) is 12.8 Å². The second kappa shape index (κ2) is 7.23. The van der Waals surface area contributed by atoms with Crippen molar-refractivity contribution in [3.8, 4) is 0 Å². The van der Waals surface area contributed by atoms with E-state index in [-0.39, 0.29) is 17.9 Å². The van der Waals surface area contributed by atoms with Crippen molar-refractivity contribution in [1.29, 1.82) is 0 Å². The molecular formula is C19H23N3O2S. The maximum absolute atomic E-state index is 12.7. The molecule has 132 valence electrons. The van der Waals surface area contributed by atoms with Crippen molar-refractivity contribution in [3.05, 3.63) is 46.4 Å². The lowest BCUT2D eigenvalue weighted by atomic mass is 9.89. The second-order valence-corrected chi connectivity index (χ2v) is 8.24. The summed E-state index contributed by atoms with van der Waals surface area (Å²) in [6, 6.07) is 8.50. The molecule has 25 heavy (non-hydrogen) atoms. The molecule has 2 aromatic rings. The number of fused-ring (bicyclic) bond motifs is 1. The number of nitrogens with zero attached hydrogens (tertiary/aromatic N) is 2. The zero-order valence-corrected chi connectivity index (χ0v) is 15.2. The Hall–Kier alpha value is -1.76. The minimum absolute atomic E-state index is 0.0550. The SMILES string of the molecule is Cc1ccc(CN2C[C@@H](C(=O)Nc3cccnc3)C[C@H]3OCC[C@H]32)s1. The number of aromatic nitrogens is 1. The first-order valence-corrected chi connectivity index (χ1v) is 9.62. The van der Waals surface area contributed by atoms with Crippen LogP contribution in [0.4, 0.5) is 5.69 Å². The first-order valence-electron chi connectivity index (χ1n) is 8.81. The minimum atomic E-state index is -0.0550. The van der Waals surface area contributed by atoms with E-state index in [1.165, 1.54) is 9.75 Å². The van der Waals surface area contributed by atoms with Crippen molar-refractivity contribution in [2.45, 2.75) is 38.5 Å². The highest BCUT2D eigenvalue weighted by Gasteiger charge is 2.42. The second-order valence-electron chi connectivity index (χ2n) is 6.87. The van der Waals surface area contributed by atoms with Crippen LogP contribution in [-0.2, 0) is 16.1 Å². The zero-order chi connectivity index (χ0) is 17.2. The molecule has 1 amide bonds. The van der Waals surface area contributed by atoms with Crippen LogP contribution in [0.15, 0.2) is 36.7 Å². The van der Waals surface area contributed by atoms with Gasteiger partial charge in [0.15, 0.2) is 0 Å². The van der Waals surface area contributed by atoms with E-state index in [4.69, 9.17) is 4.74 Å². The molecule has 2 fully saturated rings. The van der Waals surface area contributed by atoms with E-state index < -0.39 is 0 Å². The van der Waals surface area contributed by atoms with Crippen molar-refractivity contribution in [1.82, 2.24) is 9.88 Å². The average molecular weight is 357 g/mol. The van der Waals surface area contributed by atoms with Crippen LogP contribution >= 0.6 is 11.3 Å². The van der Waals surface area contributed by atoms with Crippen molar-refractivity contribution in [3.63, 3.8) is 0 Å². The predicted octanol–water partition coefficient (Wildman–Crippen LogP) is 3.07. The monoisotopic (exact) mass is 357 g/mol. The lowest BCUT2D eigenvalue weighted by molar-refractivity contribution is -0.124. The highest BCUT2D eigenvalue weighted by atomic mass is 32.1. The quantitative estimate of drug-likeness (QED) is 0.914. The van der Waals surface area contributed by atoms with E-state index in [9.17, 15) is 4.79 Å². The molecule has 2 aliphatic heterocycles. The van der Waals surface area contributed by atoms with Gasteiger partial charge in [-0.1, -0.05) is 0 Å². The number of piperidine rings is 1. The Kier molecular flexibility index (Phi) is 4.83. The van der Waals surface area contributed by atoms with Gasteiger partial charge in [0.1, 0.15) is 0 Å². The maximum Gasteiger partial charge on any atom is 0.228 e. The molecule has 0 saturated carbocycles. The number of carbonyl (C=O) groups excluding carboxylic acids is 1. The van der Waals surface area contributed by atoms with Crippen LogP contribution in [0.2, 0.25) is 0 Å². The number of likely N-dealkylation sites (tertiary alicyclic amines) is 1. The fourth-order valence-corrected chi connectivity index (χ4v) is 4.79. The molecule has 2 aliphatic rings. The number of ether oxygens (including phenoxy) is 1. The molecule has 0 aromatic carbocycles. The summed E-state index contributed by atoms with van der Waals surface area (Å²) in [6.07, 6.45) is 5.42. The third-order valence-electron chi connectivity index (χ3n) is 5.07. The highest BCUT2D eigenvalue weighted by molar-refractivity contribution is 7.11. The fourth-order valence-electron chi connectivity index (χ4n) is 3.88. The van der Waals surface area contributed by atoms with Crippen LogP contribution in [0.25, 0.3) is 0 Å². The van der Waals surface area contributed by atoms with E-state index in [1.807, 2.05) is 23.5 Å². The fraction of sp³-hybridized carbons (Fsp3) is 0.474. The predicted molar refractivity (Wildman–Crippen MR) is 98.6 cm³/mol. The summed E-state index contributed by atoms with van der Waals surface area (Å²) in [7, 11) is 0. The zero-order valence-electron chi connectivity index (χ0n) is 14.4. The van der Waals surface area contributed by atoms with Crippen LogP contribution in [0.1, 0.15) is 22.6 Å². The van der Waals surface area contributed by atoms with Crippen molar-refractivity contribution < 1.29 is 9.53 Å². The Morgan fingerprint density at radius 1 is 1.44 bits per heavy atom. The maximum atomic E-state index is 12.7. The molecule has 3 atom stereocenters. The Morgan fingerprint density at radius 2 is 2.36 bits per heavy atom. The topological polar surface area (TPSA) is 54.5 Å². The van der Waals surface area contributed by atoms with Crippen LogP contribution in [0.3, 0.4) is 0 Å². The number of aryl methyl sites for hydroxylation is 1. The number of hydrogen-bond acceptors (Lipinski definition) is 5. The van der Waals surface area contributed by atoms with Crippen LogP contribution in [-0.4, -0.2) is 41.1 Å². The van der Waals surface area contributed by atoms with Crippen molar-refractivity contribution >= 4 is 22.9 Å². The van der Waals surface area contributed by atoms with Gasteiger partial charge in [0.2, 0.25) is 5.91 Å². The van der Waals surface area contributed by atoms with Gasteiger partial charge >= 0.3 is 0 Å². The largest absolute Gasteiger partial charge is 0.377 e. The molecular weight excluding hydrogens is 334 g/mol. The number of anilines is 1. The molecule has 0 unspecified atom stereocenters. The number of nitrogens with one attached hydrogen (secondary N) is 1. The van der Waals surface area contributed by atoms with Gasteiger partial charge in [-0.15, -0.1) is 11.3 Å². The molecule has 2 aromatic heterocycles. The molecule has 6 heteroatoms. The molecule has 4 rings (SSSR count). The van der Waals surface area contributed by atoms with Gasteiger partial charge in [0.05, 0.1) is 23.9 Å². The Labute approximate surface area is 152 Å². The van der Waals surface area contributed by atoms with Crippen molar-refractivity contribution in [2.75, 3.05) is 18.5 Å². The normalized spacial score (nSPS) is 26.4. The molecule has 0 aliphatic carbocycles. The molecule has 2 saturated heterocycles. The van der Waals surface area contributed by atoms with E-state index in [0.29, 0.717) is 6.04 Å². The number of hydrogen-bond donors (Lipinski definition) is 1. The van der Waals surface area contributed by atoms with Gasteiger partial charge in [-0.3, -0.25) is 14.7 Å². The summed E-state index contributed by atoms with van der Waals surface area (Å²) in [5.41, 5.74) is 0.752. The van der Waals surface area contributed by atoms with Crippen molar-refractivity contribution in [2.24, 2.45) is 5.92 Å². The van der Waals surface area contributed by atoms with E-state index >= 15 is 0 Å². The minimum Gasteiger partial charge on any atom is -0.377 e. The molecule has 1 N–H and O–H groups in total. The molecule has 0 radical (unpaired) electrons. The Bertz CT molecular complexity index is 733. The van der Waals surface area contributed by atoms with Gasteiger partial charge in [0, 0.05) is 41.7 Å². The van der Waals surface area contributed by atoms with E-state index in [2.05, 4.69) is 34.3 Å². The van der Waals surface area contributed by atoms with Gasteiger partial charge in [-0.05, 0) is 44.0 Å². The Balaban J connectivity index is 1.46. The number of carbonyl (C=O) groups is 1. The van der Waals surface area contributed by atoms with Gasteiger partial charge in [0.25, 0.3) is 0 Å². The third kappa shape index (κ3) is 3.76. The van der Waals surface area contributed by atoms with E-state index in [0.717, 1.165) is 38.2 Å². The first kappa shape index (κ1) is 16.7. The summed E-state index contributed by atoms with van der Waals surface area (Å²) in [5.74, 6) is 0.00919. The molecule has 5 nitrogen and oxygen atoms in total. The standard InChI is InChI=1S/C19H23N3O2S/c1-13-4-5-16(25-13)12-22-11-14(9-18-17(22)6-8-24-18)19(23)21-15-3-2-7-20-10-15/h2-5,7,10,14,17-18H,6,8-9,11-12H2,1H3,(H,21,23)/t14-,17+,18+/m0/s1. The van der Waals surface area contributed by atoms with Gasteiger partial charge < -0.3 is 10.1 Å². The van der Waals surface area contributed by atoms with Crippen LogP contribution in [0.5, 0.6) is 0 Å². The number of pyridine rings is 1. The molecule has 0 spiro atoms. The smallest absolute Gasteiger partial charge is 0.228 e. The molecule has 0 bridgehead atoms. The summed E-state index contributed by atoms with van der Waals surface area (Å²) in [6.45, 7) is 4.62. The first-order chi connectivity index (χ1) is 12.2. The molecule has 4 heterocycles. The van der Waals surface area contributed by atoms with Gasteiger partial charge in [-0.25, -0.2) is 0 Å².